The molecule has 2 aromatic rings. The van der Waals surface area contributed by atoms with Gasteiger partial charge < -0.3 is 10.8 Å². The number of nitrogens with zero attached hydrogens (tertiary/aromatic N) is 1. The Hall–Kier alpha value is -1.58. The summed E-state index contributed by atoms with van der Waals surface area (Å²) in [5.74, 6) is 0.417. The van der Waals surface area contributed by atoms with Crippen LogP contribution in [0.4, 0.5) is 5.82 Å². The first-order valence-corrected chi connectivity index (χ1v) is 6.71. The van der Waals surface area contributed by atoms with Crippen LogP contribution in [0.15, 0.2) is 36.5 Å². The minimum atomic E-state index is -0.658. The van der Waals surface area contributed by atoms with Crippen molar-refractivity contribution >= 4 is 17.4 Å². The van der Waals surface area contributed by atoms with Gasteiger partial charge in [-0.3, -0.25) is 0 Å². The van der Waals surface area contributed by atoms with E-state index in [-0.39, 0.29) is 5.92 Å². The molecule has 1 aromatic heterocycles. The van der Waals surface area contributed by atoms with Gasteiger partial charge in [0.1, 0.15) is 5.82 Å². The number of anilines is 1. The van der Waals surface area contributed by atoms with Crippen molar-refractivity contribution in [3.63, 3.8) is 0 Å². The van der Waals surface area contributed by atoms with Gasteiger partial charge in [0.05, 0.1) is 11.1 Å². The maximum Gasteiger partial charge on any atom is 0.129 e. The molecule has 0 amide bonds. The Morgan fingerprint density at radius 1 is 1.37 bits per heavy atom. The van der Waals surface area contributed by atoms with Crippen molar-refractivity contribution in [3.8, 4) is 0 Å². The van der Waals surface area contributed by atoms with Crippen molar-refractivity contribution in [1.82, 2.24) is 4.98 Å². The molecule has 0 saturated carbocycles. The highest BCUT2D eigenvalue weighted by atomic mass is 35.5. The van der Waals surface area contributed by atoms with Crippen molar-refractivity contribution in [3.05, 3.63) is 58.2 Å². The minimum Gasteiger partial charge on any atom is -0.388 e. The number of benzene rings is 1. The number of rotatable bonds is 2. The van der Waals surface area contributed by atoms with Crippen LogP contribution in [0, 0.1) is 0 Å². The molecule has 0 spiro atoms. The molecule has 1 heterocycles. The van der Waals surface area contributed by atoms with E-state index in [9.17, 15) is 5.11 Å². The number of hydrogen-bond donors (Lipinski definition) is 2. The number of aryl methyl sites for hydroxylation is 1. The smallest absolute Gasteiger partial charge is 0.129 e. The van der Waals surface area contributed by atoms with Crippen LogP contribution in [-0.2, 0) is 6.42 Å². The molecule has 2 atom stereocenters. The van der Waals surface area contributed by atoms with Crippen LogP contribution < -0.4 is 5.73 Å². The first kappa shape index (κ1) is 12.5. The molecule has 3 rings (SSSR count). The number of fused-ring (bicyclic) bond motifs is 1. The molecule has 1 aliphatic rings. The van der Waals surface area contributed by atoms with Gasteiger partial charge in [0.15, 0.2) is 0 Å². The average Bonchev–Trinajstić information content (AvgIpc) is 2.84. The lowest BCUT2D eigenvalue weighted by molar-refractivity contribution is 0.145. The molecule has 0 saturated heterocycles. The summed E-state index contributed by atoms with van der Waals surface area (Å²) in [5.41, 5.74) is 8.98. The number of aliphatic hydroxyl groups is 1. The molecule has 1 aliphatic carbocycles. The van der Waals surface area contributed by atoms with Gasteiger partial charge in [-0.2, -0.15) is 0 Å². The number of pyridine rings is 1. The predicted molar refractivity (Wildman–Crippen MR) is 76.1 cm³/mol. The Morgan fingerprint density at radius 2 is 2.16 bits per heavy atom. The number of nitrogen functional groups attached to an aromatic ring is 1. The molecule has 98 valence electrons. The summed E-state index contributed by atoms with van der Waals surface area (Å²) in [6.45, 7) is 0. The van der Waals surface area contributed by atoms with Crippen LogP contribution in [0.25, 0.3) is 0 Å². The monoisotopic (exact) mass is 274 g/mol. The summed E-state index contributed by atoms with van der Waals surface area (Å²) < 4.78 is 0. The Balaban J connectivity index is 1.97. The molecule has 0 fully saturated rings. The zero-order chi connectivity index (χ0) is 13.4. The lowest BCUT2D eigenvalue weighted by Gasteiger charge is -2.20. The number of halogens is 1. The summed E-state index contributed by atoms with van der Waals surface area (Å²) in [5, 5.41) is 11.1. The third kappa shape index (κ3) is 2.20. The van der Waals surface area contributed by atoms with Crippen LogP contribution in [-0.4, -0.2) is 10.1 Å². The Kier molecular flexibility index (Phi) is 3.17. The van der Waals surface area contributed by atoms with Crippen LogP contribution in [0.5, 0.6) is 0 Å². The zero-order valence-corrected chi connectivity index (χ0v) is 11.1. The third-order valence-corrected chi connectivity index (χ3v) is 4.00. The van der Waals surface area contributed by atoms with E-state index >= 15 is 0 Å². The first-order chi connectivity index (χ1) is 9.16. The Morgan fingerprint density at radius 3 is 3.00 bits per heavy atom. The van der Waals surface area contributed by atoms with Crippen LogP contribution >= 0.6 is 11.6 Å². The van der Waals surface area contributed by atoms with E-state index in [1.165, 1.54) is 17.3 Å². The first-order valence-electron chi connectivity index (χ1n) is 6.33. The Labute approximate surface area is 117 Å². The summed E-state index contributed by atoms with van der Waals surface area (Å²) in [6, 6.07) is 9.92. The van der Waals surface area contributed by atoms with Gasteiger partial charge in [0.2, 0.25) is 0 Å². The van der Waals surface area contributed by atoms with Gasteiger partial charge in [-0.15, -0.1) is 0 Å². The predicted octanol–water partition coefficient (Wildman–Crippen LogP) is 3.08. The molecule has 0 bridgehead atoms. The zero-order valence-electron chi connectivity index (χ0n) is 10.4. The molecule has 0 radical (unpaired) electrons. The number of aromatic nitrogens is 1. The summed E-state index contributed by atoms with van der Waals surface area (Å²) in [6.07, 6.45) is 2.75. The maximum atomic E-state index is 10.6. The normalized spacial score (nSPS) is 19.2. The fourth-order valence-electron chi connectivity index (χ4n) is 2.84. The van der Waals surface area contributed by atoms with Gasteiger partial charge in [-0.1, -0.05) is 35.9 Å². The fourth-order valence-corrected chi connectivity index (χ4v) is 3.00. The van der Waals surface area contributed by atoms with Crippen molar-refractivity contribution in [2.24, 2.45) is 0 Å². The summed E-state index contributed by atoms with van der Waals surface area (Å²) in [4.78, 5) is 4.01. The van der Waals surface area contributed by atoms with Crippen LogP contribution in [0.2, 0.25) is 5.02 Å². The standard InChI is InChI=1S/C15H15ClN2O/c16-10-7-13(15(17)18-8-10)14(19)12-6-5-9-3-1-2-4-11(9)12/h1-4,7-8,12,14,19H,5-6H2,(H2,17,18). The van der Waals surface area contributed by atoms with Crippen molar-refractivity contribution in [2.75, 3.05) is 5.73 Å². The number of hydrogen-bond acceptors (Lipinski definition) is 3. The van der Waals surface area contributed by atoms with Gasteiger partial charge >= 0.3 is 0 Å². The van der Waals surface area contributed by atoms with Crippen molar-refractivity contribution in [1.29, 1.82) is 0 Å². The van der Waals surface area contributed by atoms with E-state index in [1.54, 1.807) is 6.07 Å². The second kappa shape index (κ2) is 4.83. The Bertz CT molecular complexity index is 615. The van der Waals surface area contributed by atoms with Crippen molar-refractivity contribution in [2.45, 2.75) is 24.9 Å². The highest BCUT2D eigenvalue weighted by molar-refractivity contribution is 6.30. The van der Waals surface area contributed by atoms with Gasteiger partial charge in [-0.05, 0) is 30.0 Å². The SMILES string of the molecule is Nc1ncc(Cl)cc1C(O)C1CCc2ccccc21. The largest absolute Gasteiger partial charge is 0.388 e. The lowest BCUT2D eigenvalue weighted by atomic mass is 9.91. The van der Waals surface area contributed by atoms with E-state index in [0.717, 1.165) is 12.8 Å². The average molecular weight is 275 g/mol. The molecule has 3 nitrogen and oxygen atoms in total. The third-order valence-electron chi connectivity index (χ3n) is 3.80. The van der Waals surface area contributed by atoms with E-state index in [1.807, 2.05) is 12.1 Å². The van der Waals surface area contributed by atoms with E-state index in [0.29, 0.717) is 16.4 Å². The van der Waals surface area contributed by atoms with E-state index in [2.05, 4.69) is 17.1 Å². The van der Waals surface area contributed by atoms with Crippen LogP contribution in [0.3, 0.4) is 0 Å². The number of aliphatic hydroxyl groups excluding tert-OH is 1. The molecular formula is C15H15ClN2O. The topological polar surface area (TPSA) is 59.1 Å². The molecule has 19 heavy (non-hydrogen) atoms. The van der Waals surface area contributed by atoms with Gasteiger partial charge in [0.25, 0.3) is 0 Å². The molecule has 4 heteroatoms. The molecule has 1 aromatic carbocycles. The fraction of sp³-hybridized carbons (Fsp3) is 0.267. The molecule has 2 unspecified atom stereocenters. The quantitative estimate of drug-likeness (QED) is 0.885. The van der Waals surface area contributed by atoms with Crippen LogP contribution in [0.1, 0.15) is 35.1 Å². The van der Waals surface area contributed by atoms with E-state index in [4.69, 9.17) is 17.3 Å². The maximum absolute atomic E-state index is 10.6. The lowest BCUT2D eigenvalue weighted by Crippen LogP contribution is -2.11. The molecule has 3 N–H and O–H groups in total. The second-order valence-corrected chi connectivity index (χ2v) is 5.35. The highest BCUT2D eigenvalue weighted by Gasteiger charge is 2.30. The van der Waals surface area contributed by atoms with Gasteiger partial charge in [0, 0.05) is 17.7 Å². The highest BCUT2D eigenvalue weighted by Crippen LogP contribution is 2.42. The van der Waals surface area contributed by atoms with Crippen molar-refractivity contribution < 1.29 is 5.11 Å². The summed E-state index contributed by atoms with van der Waals surface area (Å²) >= 11 is 5.94. The second-order valence-electron chi connectivity index (χ2n) is 4.92. The van der Waals surface area contributed by atoms with Gasteiger partial charge in [-0.25, -0.2) is 4.98 Å². The van der Waals surface area contributed by atoms with E-state index < -0.39 is 6.10 Å². The molecular weight excluding hydrogens is 260 g/mol. The minimum absolute atomic E-state index is 0.0683. The molecule has 0 aliphatic heterocycles. The number of nitrogens with two attached hydrogens (primary N) is 1. The summed E-state index contributed by atoms with van der Waals surface area (Å²) in [7, 11) is 0.